The second-order valence-corrected chi connectivity index (χ2v) is 4.20. The Kier molecular flexibility index (Phi) is 4.17. The van der Waals surface area contributed by atoms with Gasteiger partial charge in [0.25, 0.3) is 5.69 Å². The second kappa shape index (κ2) is 6.04. The summed E-state index contributed by atoms with van der Waals surface area (Å²) in [6.45, 7) is 0.248. The number of H-pyrrole nitrogens is 1. The largest absolute Gasteiger partial charge is 0.464 e. The molecule has 1 heterocycles. The lowest BCUT2D eigenvalue weighted by molar-refractivity contribution is -0.385. The summed E-state index contributed by atoms with van der Waals surface area (Å²) in [5.41, 5.74) is 0.886. The fourth-order valence-corrected chi connectivity index (χ4v) is 1.75. The standard InChI is InChI=1S/C13H12FN3O4/c1-21-13(18)12-3-2-9(16-12)7-15-10-4-8(14)5-11(6-10)17(19)20/h2-6,15-16H,7H2,1H3. The third-order valence-electron chi connectivity index (χ3n) is 2.73. The molecule has 0 unspecified atom stereocenters. The normalized spacial score (nSPS) is 10.2. The van der Waals surface area contributed by atoms with Gasteiger partial charge >= 0.3 is 5.97 Å². The number of carbonyl (C=O) groups excluding carboxylic acids is 1. The number of ether oxygens (including phenoxy) is 1. The van der Waals surface area contributed by atoms with Crippen LogP contribution in [-0.2, 0) is 11.3 Å². The molecule has 21 heavy (non-hydrogen) atoms. The number of carbonyl (C=O) groups is 1. The Labute approximate surface area is 118 Å². The number of hydrogen-bond acceptors (Lipinski definition) is 5. The van der Waals surface area contributed by atoms with Gasteiger partial charge in [0, 0.05) is 17.4 Å². The Morgan fingerprint density at radius 3 is 2.86 bits per heavy atom. The average Bonchev–Trinajstić information content (AvgIpc) is 2.92. The van der Waals surface area contributed by atoms with Crippen molar-refractivity contribution in [1.29, 1.82) is 0 Å². The van der Waals surface area contributed by atoms with E-state index in [0.29, 0.717) is 11.4 Å². The highest BCUT2D eigenvalue weighted by Crippen LogP contribution is 2.20. The molecule has 0 aliphatic rings. The number of nitrogens with one attached hydrogen (secondary N) is 2. The van der Waals surface area contributed by atoms with Crippen LogP contribution >= 0.6 is 0 Å². The molecule has 1 aromatic carbocycles. The number of esters is 1. The topological polar surface area (TPSA) is 97.3 Å². The zero-order chi connectivity index (χ0) is 15.4. The molecule has 110 valence electrons. The fourth-order valence-electron chi connectivity index (χ4n) is 1.75. The summed E-state index contributed by atoms with van der Waals surface area (Å²) in [7, 11) is 1.27. The summed E-state index contributed by atoms with van der Waals surface area (Å²) in [4.78, 5) is 24.1. The summed E-state index contributed by atoms with van der Waals surface area (Å²) in [5, 5.41) is 13.5. The molecule has 2 N–H and O–H groups in total. The SMILES string of the molecule is COC(=O)c1ccc(CNc2cc(F)cc([N+](=O)[O-])c2)[nH]1. The zero-order valence-corrected chi connectivity index (χ0v) is 11.1. The molecule has 2 rings (SSSR count). The van der Waals surface area contributed by atoms with Gasteiger partial charge in [0.2, 0.25) is 0 Å². The molecule has 0 aliphatic heterocycles. The van der Waals surface area contributed by atoms with Crippen molar-refractivity contribution in [3.8, 4) is 0 Å². The van der Waals surface area contributed by atoms with Crippen LogP contribution in [0.3, 0.4) is 0 Å². The van der Waals surface area contributed by atoms with Crippen LogP contribution in [0.1, 0.15) is 16.2 Å². The average molecular weight is 293 g/mol. The predicted molar refractivity (Wildman–Crippen MR) is 72.5 cm³/mol. The summed E-state index contributed by atoms with van der Waals surface area (Å²) in [6, 6.07) is 6.43. The Balaban J connectivity index is 2.07. The van der Waals surface area contributed by atoms with Gasteiger partial charge in [-0.1, -0.05) is 0 Å². The second-order valence-electron chi connectivity index (χ2n) is 4.20. The Hall–Kier alpha value is -2.90. The minimum atomic E-state index is -0.701. The molecule has 0 spiro atoms. The number of benzene rings is 1. The Morgan fingerprint density at radius 2 is 2.19 bits per heavy atom. The van der Waals surface area contributed by atoms with Crippen LogP contribution in [0, 0.1) is 15.9 Å². The first-order valence-corrected chi connectivity index (χ1v) is 5.94. The van der Waals surface area contributed by atoms with Crippen LogP contribution in [0.5, 0.6) is 0 Å². The van der Waals surface area contributed by atoms with Gasteiger partial charge in [0.05, 0.1) is 24.6 Å². The molecule has 2 aromatic rings. The first-order chi connectivity index (χ1) is 9.99. The van der Waals surface area contributed by atoms with E-state index in [1.54, 1.807) is 12.1 Å². The first kappa shape index (κ1) is 14.5. The number of nitrogens with zero attached hydrogens (tertiary/aromatic N) is 1. The van der Waals surface area contributed by atoms with E-state index in [1.165, 1.54) is 13.2 Å². The van der Waals surface area contributed by atoms with Gasteiger partial charge in [-0.25, -0.2) is 9.18 Å². The van der Waals surface area contributed by atoms with E-state index >= 15 is 0 Å². The number of halogens is 1. The molecule has 0 saturated heterocycles. The van der Waals surface area contributed by atoms with Crippen LogP contribution < -0.4 is 5.32 Å². The van der Waals surface area contributed by atoms with Gasteiger partial charge in [0.15, 0.2) is 0 Å². The number of hydrogen-bond donors (Lipinski definition) is 2. The first-order valence-electron chi connectivity index (χ1n) is 5.94. The van der Waals surface area contributed by atoms with E-state index in [4.69, 9.17) is 0 Å². The maximum absolute atomic E-state index is 13.3. The van der Waals surface area contributed by atoms with Crippen LogP contribution in [0.2, 0.25) is 0 Å². The van der Waals surface area contributed by atoms with E-state index in [0.717, 1.165) is 12.1 Å². The van der Waals surface area contributed by atoms with Crippen molar-refractivity contribution < 1.29 is 18.8 Å². The van der Waals surface area contributed by atoms with Crippen molar-refractivity contribution >= 4 is 17.3 Å². The summed E-state index contributed by atoms with van der Waals surface area (Å²) >= 11 is 0. The molecule has 8 heteroatoms. The number of non-ortho nitro benzene ring substituents is 1. The lowest BCUT2D eigenvalue weighted by Crippen LogP contribution is -2.04. The van der Waals surface area contributed by atoms with Crippen LogP contribution in [0.4, 0.5) is 15.8 Å². The van der Waals surface area contributed by atoms with Gasteiger partial charge in [-0.2, -0.15) is 0 Å². The number of nitro groups is 1. The highest BCUT2D eigenvalue weighted by molar-refractivity contribution is 5.87. The lowest BCUT2D eigenvalue weighted by Gasteiger charge is -2.05. The van der Waals surface area contributed by atoms with Crippen LogP contribution in [-0.4, -0.2) is 23.0 Å². The molecule has 0 fully saturated rings. The van der Waals surface area contributed by atoms with Gasteiger partial charge < -0.3 is 15.0 Å². The number of anilines is 1. The predicted octanol–water partition coefficient (Wildman–Crippen LogP) is 2.46. The smallest absolute Gasteiger partial charge is 0.354 e. The summed E-state index contributed by atoms with van der Waals surface area (Å²) < 4.78 is 17.8. The minimum absolute atomic E-state index is 0.248. The quantitative estimate of drug-likeness (QED) is 0.501. The molecule has 0 aliphatic carbocycles. The van der Waals surface area contributed by atoms with E-state index in [9.17, 15) is 19.3 Å². The Bertz CT molecular complexity index is 684. The zero-order valence-electron chi connectivity index (χ0n) is 11.1. The molecule has 0 saturated carbocycles. The van der Waals surface area contributed by atoms with Crippen molar-refractivity contribution in [2.75, 3.05) is 12.4 Å². The number of rotatable bonds is 5. The monoisotopic (exact) mass is 293 g/mol. The van der Waals surface area contributed by atoms with Gasteiger partial charge in [-0.05, 0) is 18.2 Å². The van der Waals surface area contributed by atoms with E-state index in [-0.39, 0.29) is 17.9 Å². The third-order valence-corrected chi connectivity index (χ3v) is 2.73. The highest BCUT2D eigenvalue weighted by atomic mass is 19.1. The molecular formula is C13H12FN3O4. The molecule has 0 atom stereocenters. The summed E-state index contributed by atoms with van der Waals surface area (Å²) in [6.07, 6.45) is 0. The van der Waals surface area contributed by atoms with Crippen molar-refractivity contribution in [2.24, 2.45) is 0 Å². The van der Waals surface area contributed by atoms with Crippen LogP contribution in [0.15, 0.2) is 30.3 Å². The van der Waals surface area contributed by atoms with E-state index < -0.39 is 16.7 Å². The van der Waals surface area contributed by atoms with E-state index in [2.05, 4.69) is 15.0 Å². The maximum Gasteiger partial charge on any atom is 0.354 e. The Morgan fingerprint density at radius 1 is 1.43 bits per heavy atom. The van der Waals surface area contributed by atoms with Crippen molar-refractivity contribution in [2.45, 2.75) is 6.54 Å². The molecule has 0 bridgehead atoms. The third kappa shape index (κ3) is 3.56. The molecule has 7 nitrogen and oxygen atoms in total. The van der Waals surface area contributed by atoms with Crippen molar-refractivity contribution in [3.05, 3.63) is 57.7 Å². The van der Waals surface area contributed by atoms with Crippen molar-refractivity contribution in [3.63, 3.8) is 0 Å². The molecule has 0 amide bonds. The van der Waals surface area contributed by atoms with Gasteiger partial charge in [0.1, 0.15) is 11.5 Å². The van der Waals surface area contributed by atoms with E-state index in [1.807, 2.05) is 0 Å². The van der Waals surface area contributed by atoms with Gasteiger partial charge in [-0.3, -0.25) is 10.1 Å². The van der Waals surface area contributed by atoms with Crippen LogP contribution in [0.25, 0.3) is 0 Å². The fraction of sp³-hybridized carbons (Fsp3) is 0.154. The molecule has 1 aromatic heterocycles. The maximum atomic E-state index is 13.3. The number of aromatic amines is 1. The highest BCUT2D eigenvalue weighted by Gasteiger charge is 2.11. The lowest BCUT2D eigenvalue weighted by atomic mass is 10.2. The summed E-state index contributed by atoms with van der Waals surface area (Å²) in [5.74, 6) is -1.20. The minimum Gasteiger partial charge on any atom is -0.464 e. The number of methoxy groups -OCH3 is 1. The molecule has 0 radical (unpaired) electrons. The number of nitro benzene ring substituents is 1. The van der Waals surface area contributed by atoms with Crippen molar-refractivity contribution in [1.82, 2.24) is 4.98 Å². The molecular weight excluding hydrogens is 281 g/mol. The van der Waals surface area contributed by atoms with Gasteiger partial charge in [-0.15, -0.1) is 0 Å². The number of aromatic nitrogens is 1.